The second-order valence-electron chi connectivity index (χ2n) is 8.42. The van der Waals surface area contributed by atoms with E-state index in [4.69, 9.17) is 0 Å². The van der Waals surface area contributed by atoms with Crippen LogP contribution in [0, 0.1) is 0 Å². The monoisotopic (exact) mass is 683 g/mol. The van der Waals surface area contributed by atoms with Gasteiger partial charge in [0, 0.05) is 23.6 Å². The summed E-state index contributed by atoms with van der Waals surface area (Å²) in [7, 11) is 0. The second-order valence-corrected chi connectivity index (χ2v) is 15.2. The zero-order chi connectivity index (χ0) is 26.4. The van der Waals surface area contributed by atoms with Crippen LogP contribution in [-0.4, -0.2) is 18.9 Å². The van der Waals surface area contributed by atoms with Crippen molar-refractivity contribution in [1.29, 1.82) is 0 Å². The largest absolute Gasteiger partial charge is 0.347 e. The predicted octanol–water partition coefficient (Wildman–Crippen LogP) is 7.54. The molecule has 0 fully saturated rings. The van der Waals surface area contributed by atoms with Crippen LogP contribution >= 0.6 is 47.8 Å². The summed E-state index contributed by atoms with van der Waals surface area (Å²) >= 11 is 10.1. The van der Waals surface area contributed by atoms with Crippen LogP contribution in [0.25, 0.3) is 11.1 Å². The molecule has 4 aromatic rings. The van der Waals surface area contributed by atoms with E-state index in [0.29, 0.717) is 11.3 Å². The van der Waals surface area contributed by atoms with Crippen LogP contribution in [0.15, 0.2) is 109 Å². The Morgan fingerprint density at radius 1 is 0.784 bits per heavy atom. The molecule has 1 aromatic heterocycles. The van der Waals surface area contributed by atoms with Gasteiger partial charge in [-0.3, -0.25) is 19.5 Å². The maximum Gasteiger partial charge on any atom is 0.266 e. The third-order valence-electron chi connectivity index (χ3n) is 5.88. The van der Waals surface area contributed by atoms with Gasteiger partial charge in [-0.2, -0.15) is 0 Å². The van der Waals surface area contributed by atoms with Crippen molar-refractivity contribution in [3.05, 3.63) is 121 Å². The highest BCUT2D eigenvalue weighted by molar-refractivity contribution is 9.40. The van der Waals surface area contributed by atoms with Crippen molar-refractivity contribution in [3.8, 4) is 11.1 Å². The molecule has 5 nitrogen and oxygen atoms in total. The number of amides is 2. The van der Waals surface area contributed by atoms with Crippen LogP contribution in [-0.2, 0) is 9.59 Å². The minimum absolute atomic E-state index is 0.271. The standard InChI is InChI=1S/C29H24Br3N3O2/c1-20(21-9-4-2-5-10-21)34-27(36)26(24-13-8-18-33-19-24)35(28(37)29(30,31)32)25-16-14-23(15-17-25)22-11-6-3-7-12-22/h2-20,26H,1H3,(H,34,36)/t20-,26+/m1/s1. The Labute approximate surface area is 241 Å². The SMILES string of the molecule is C[C@@H](NC(=O)[C@H](c1cccnc1)N(C(=O)C(Br)(Br)Br)c1ccc(-c2ccccc2)cc1)c1ccccc1. The lowest BCUT2D eigenvalue weighted by atomic mass is 10.0. The van der Waals surface area contributed by atoms with E-state index in [-0.39, 0.29) is 11.9 Å². The van der Waals surface area contributed by atoms with E-state index in [2.05, 4.69) is 58.1 Å². The van der Waals surface area contributed by atoms with Gasteiger partial charge >= 0.3 is 0 Å². The lowest BCUT2D eigenvalue weighted by molar-refractivity contribution is -0.126. The third-order valence-corrected chi connectivity index (χ3v) is 6.90. The summed E-state index contributed by atoms with van der Waals surface area (Å²) in [5.74, 6) is -0.738. The van der Waals surface area contributed by atoms with Crippen molar-refractivity contribution in [1.82, 2.24) is 10.3 Å². The average molecular weight is 686 g/mol. The first-order valence-electron chi connectivity index (χ1n) is 11.6. The molecule has 1 heterocycles. The van der Waals surface area contributed by atoms with Gasteiger partial charge in [0.15, 0.2) is 0 Å². The Hall–Kier alpha value is -2.81. The van der Waals surface area contributed by atoms with Crippen LogP contribution in [0.3, 0.4) is 0 Å². The minimum atomic E-state index is -1.28. The summed E-state index contributed by atoms with van der Waals surface area (Å²) in [5, 5.41) is 3.08. The van der Waals surface area contributed by atoms with Gasteiger partial charge in [0.1, 0.15) is 6.04 Å². The molecule has 188 valence electrons. The third kappa shape index (κ3) is 6.74. The maximum absolute atomic E-state index is 13.9. The van der Waals surface area contributed by atoms with Crippen molar-refractivity contribution in [3.63, 3.8) is 0 Å². The average Bonchev–Trinajstić information content (AvgIpc) is 2.92. The van der Waals surface area contributed by atoms with Crippen molar-refractivity contribution in [2.45, 2.75) is 21.2 Å². The number of nitrogens with one attached hydrogen (secondary N) is 1. The van der Waals surface area contributed by atoms with Crippen molar-refractivity contribution >= 4 is 65.3 Å². The maximum atomic E-state index is 13.9. The van der Waals surface area contributed by atoms with Crippen LogP contribution < -0.4 is 10.2 Å². The molecule has 8 heteroatoms. The number of anilines is 1. The van der Waals surface area contributed by atoms with E-state index < -0.39 is 14.1 Å². The molecule has 0 unspecified atom stereocenters. The molecule has 2 atom stereocenters. The van der Waals surface area contributed by atoms with Gasteiger partial charge in [0.05, 0.1) is 6.04 Å². The molecule has 1 N–H and O–H groups in total. The van der Waals surface area contributed by atoms with E-state index in [1.807, 2.05) is 91.9 Å². The van der Waals surface area contributed by atoms with E-state index in [0.717, 1.165) is 16.7 Å². The van der Waals surface area contributed by atoms with Gasteiger partial charge in [0.25, 0.3) is 5.91 Å². The molecule has 4 rings (SSSR count). The number of carbonyl (C=O) groups is 2. The van der Waals surface area contributed by atoms with Crippen LogP contribution in [0.4, 0.5) is 5.69 Å². The van der Waals surface area contributed by atoms with Crippen LogP contribution in [0.2, 0.25) is 0 Å². The van der Waals surface area contributed by atoms with E-state index in [1.165, 1.54) is 4.90 Å². The molecule has 0 saturated carbocycles. The molecule has 37 heavy (non-hydrogen) atoms. The fraction of sp³-hybridized carbons (Fsp3) is 0.138. The minimum Gasteiger partial charge on any atom is -0.347 e. The Bertz CT molecular complexity index is 1330. The normalized spacial score (nSPS) is 12.9. The predicted molar refractivity (Wildman–Crippen MR) is 159 cm³/mol. The quantitative estimate of drug-likeness (QED) is 0.205. The topological polar surface area (TPSA) is 62.3 Å². The van der Waals surface area contributed by atoms with E-state index in [9.17, 15) is 9.59 Å². The number of rotatable bonds is 7. The molecule has 0 bridgehead atoms. The van der Waals surface area contributed by atoms with Gasteiger partial charge in [0.2, 0.25) is 8.05 Å². The highest BCUT2D eigenvalue weighted by Crippen LogP contribution is 2.40. The van der Waals surface area contributed by atoms with Gasteiger partial charge in [-0.15, -0.1) is 0 Å². The Morgan fingerprint density at radius 3 is 1.92 bits per heavy atom. The number of hydrogen-bond donors (Lipinski definition) is 1. The van der Waals surface area contributed by atoms with E-state index >= 15 is 0 Å². The molecule has 2 amide bonds. The summed E-state index contributed by atoms with van der Waals surface area (Å²) in [5.41, 5.74) is 4.16. The highest BCUT2D eigenvalue weighted by Gasteiger charge is 2.41. The number of alkyl halides is 3. The first-order valence-corrected chi connectivity index (χ1v) is 13.9. The van der Waals surface area contributed by atoms with Gasteiger partial charge < -0.3 is 5.32 Å². The molecular formula is C29H24Br3N3O2. The molecule has 0 aliphatic rings. The summed E-state index contributed by atoms with van der Waals surface area (Å²) in [6.45, 7) is 1.91. The number of carbonyl (C=O) groups excluding carboxylic acids is 2. The molecule has 0 radical (unpaired) electrons. The number of benzene rings is 3. The molecule has 3 aromatic carbocycles. The molecular weight excluding hydrogens is 662 g/mol. The zero-order valence-corrected chi connectivity index (χ0v) is 24.6. The lowest BCUT2D eigenvalue weighted by Crippen LogP contribution is -2.48. The molecule has 0 saturated heterocycles. The van der Waals surface area contributed by atoms with E-state index in [1.54, 1.807) is 24.5 Å². The van der Waals surface area contributed by atoms with Crippen molar-refractivity contribution < 1.29 is 9.59 Å². The Kier molecular flexibility index (Phi) is 8.95. The number of nitrogens with zero attached hydrogens (tertiary/aromatic N) is 2. The molecule has 0 spiro atoms. The first kappa shape index (κ1) is 27.2. The number of pyridine rings is 1. The van der Waals surface area contributed by atoms with Gasteiger partial charge in [-0.25, -0.2) is 0 Å². The molecule has 0 aliphatic carbocycles. The van der Waals surface area contributed by atoms with Crippen molar-refractivity contribution in [2.24, 2.45) is 0 Å². The zero-order valence-electron chi connectivity index (χ0n) is 19.9. The summed E-state index contributed by atoms with van der Waals surface area (Å²) in [6, 6.07) is 29.5. The first-order chi connectivity index (χ1) is 17.8. The summed E-state index contributed by atoms with van der Waals surface area (Å²) < 4.78 is -1.28. The van der Waals surface area contributed by atoms with Crippen LogP contribution in [0.5, 0.6) is 0 Å². The number of halogens is 3. The number of aromatic nitrogens is 1. The van der Waals surface area contributed by atoms with Gasteiger partial charge in [-0.1, -0.05) is 78.9 Å². The summed E-state index contributed by atoms with van der Waals surface area (Å²) in [6.07, 6.45) is 3.24. The second kappa shape index (κ2) is 12.2. The fourth-order valence-electron chi connectivity index (χ4n) is 4.04. The fourth-order valence-corrected chi connectivity index (χ4v) is 4.61. The van der Waals surface area contributed by atoms with Gasteiger partial charge in [-0.05, 0) is 89.6 Å². The smallest absolute Gasteiger partial charge is 0.266 e. The Balaban J connectivity index is 1.77. The highest BCUT2D eigenvalue weighted by atomic mass is 80.0. The molecule has 0 aliphatic heterocycles. The Morgan fingerprint density at radius 2 is 1.35 bits per heavy atom. The lowest BCUT2D eigenvalue weighted by Gasteiger charge is -2.34. The van der Waals surface area contributed by atoms with Crippen LogP contribution in [0.1, 0.15) is 30.1 Å². The number of hydrogen-bond acceptors (Lipinski definition) is 3. The van der Waals surface area contributed by atoms with Crippen molar-refractivity contribution in [2.75, 3.05) is 4.90 Å². The summed E-state index contributed by atoms with van der Waals surface area (Å²) in [4.78, 5) is 33.4.